The fourth-order valence-corrected chi connectivity index (χ4v) is 1.74. The number of nitro groups is 2. The molecule has 0 aliphatic heterocycles. The van der Waals surface area contributed by atoms with Crippen LogP contribution >= 0.6 is 12.2 Å². The summed E-state index contributed by atoms with van der Waals surface area (Å²) in [6.07, 6.45) is 0. The maximum absolute atomic E-state index is 10.9. The molecule has 0 spiro atoms. The quantitative estimate of drug-likeness (QED) is 0.439. The van der Waals surface area contributed by atoms with E-state index in [0.29, 0.717) is 0 Å². The van der Waals surface area contributed by atoms with E-state index in [1.165, 1.54) is 6.07 Å². The van der Waals surface area contributed by atoms with Crippen LogP contribution in [0.1, 0.15) is 20.8 Å². The molecule has 1 rings (SSSR count). The van der Waals surface area contributed by atoms with Crippen LogP contribution < -0.4 is 16.2 Å². The van der Waals surface area contributed by atoms with E-state index < -0.39 is 15.5 Å². The molecule has 21 heavy (non-hydrogen) atoms. The summed E-state index contributed by atoms with van der Waals surface area (Å²) in [7, 11) is 0. The number of hydrogen-bond acceptors (Lipinski definition) is 6. The van der Waals surface area contributed by atoms with Crippen molar-refractivity contribution in [3.05, 3.63) is 38.4 Å². The van der Waals surface area contributed by atoms with Crippen LogP contribution in [0.25, 0.3) is 0 Å². The van der Waals surface area contributed by atoms with Crippen LogP contribution in [0.3, 0.4) is 0 Å². The second-order valence-electron chi connectivity index (χ2n) is 5.17. The third-order valence-electron chi connectivity index (χ3n) is 2.19. The Hall–Kier alpha value is -2.49. The summed E-state index contributed by atoms with van der Waals surface area (Å²) >= 11 is 5.01. The molecule has 0 aliphatic rings. The Labute approximate surface area is 126 Å². The summed E-state index contributed by atoms with van der Waals surface area (Å²) < 4.78 is 0. The highest BCUT2D eigenvalue weighted by Crippen LogP contribution is 2.28. The van der Waals surface area contributed by atoms with Crippen molar-refractivity contribution in [3.8, 4) is 0 Å². The number of thiocarbonyl (C=S) groups is 1. The molecule has 0 fully saturated rings. The molecule has 0 radical (unpaired) electrons. The lowest BCUT2D eigenvalue weighted by molar-refractivity contribution is -0.393. The van der Waals surface area contributed by atoms with Gasteiger partial charge in [-0.25, -0.2) is 0 Å². The number of nitrogens with zero attached hydrogens (tertiary/aromatic N) is 2. The number of nitrogens with one attached hydrogen (secondary N) is 3. The van der Waals surface area contributed by atoms with E-state index in [9.17, 15) is 20.2 Å². The topological polar surface area (TPSA) is 122 Å². The van der Waals surface area contributed by atoms with Crippen LogP contribution in [0.15, 0.2) is 18.2 Å². The van der Waals surface area contributed by atoms with Crippen molar-refractivity contribution in [2.75, 3.05) is 5.43 Å². The van der Waals surface area contributed by atoms with Gasteiger partial charge >= 0.3 is 5.69 Å². The number of anilines is 1. The fraction of sp³-hybridized carbons (Fsp3) is 0.364. The molecule has 0 saturated carbocycles. The summed E-state index contributed by atoms with van der Waals surface area (Å²) in [5.74, 6) is 0. The van der Waals surface area contributed by atoms with Gasteiger partial charge in [0.05, 0.1) is 15.9 Å². The zero-order chi connectivity index (χ0) is 16.2. The van der Waals surface area contributed by atoms with E-state index in [0.717, 1.165) is 12.1 Å². The van der Waals surface area contributed by atoms with Gasteiger partial charge < -0.3 is 5.32 Å². The summed E-state index contributed by atoms with van der Waals surface area (Å²) in [5.41, 5.74) is 4.18. The molecule has 0 amide bonds. The molecule has 0 heterocycles. The number of hydrogen-bond donors (Lipinski definition) is 3. The van der Waals surface area contributed by atoms with Gasteiger partial charge in [-0.1, -0.05) is 0 Å². The van der Waals surface area contributed by atoms with Crippen molar-refractivity contribution < 1.29 is 9.85 Å². The van der Waals surface area contributed by atoms with Crippen molar-refractivity contribution in [2.24, 2.45) is 0 Å². The van der Waals surface area contributed by atoms with Crippen molar-refractivity contribution in [2.45, 2.75) is 26.3 Å². The Morgan fingerprint density at radius 3 is 2.29 bits per heavy atom. The van der Waals surface area contributed by atoms with Crippen molar-refractivity contribution in [1.82, 2.24) is 10.7 Å². The third-order valence-corrected chi connectivity index (χ3v) is 2.39. The minimum absolute atomic E-state index is 0.0728. The molecule has 1 aromatic carbocycles. The zero-order valence-electron chi connectivity index (χ0n) is 11.7. The van der Waals surface area contributed by atoms with Gasteiger partial charge in [0.1, 0.15) is 5.69 Å². The Bertz CT molecular complexity index is 584. The van der Waals surface area contributed by atoms with Gasteiger partial charge in [0, 0.05) is 11.6 Å². The van der Waals surface area contributed by atoms with Gasteiger partial charge in [-0.05, 0) is 39.1 Å². The second kappa shape index (κ2) is 6.31. The molecule has 9 nitrogen and oxygen atoms in total. The molecule has 0 saturated heterocycles. The Balaban J connectivity index is 2.86. The standard InChI is InChI=1S/C11H15N5O4S/c1-11(2,3)12-10(21)14-13-8-5-4-7(15(17)18)6-9(8)16(19)20/h4-6,13H,1-3H3,(H2,12,14,21). The minimum Gasteiger partial charge on any atom is -0.357 e. The van der Waals surface area contributed by atoms with Crippen molar-refractivity contribution >= 4 is 34.4 Å². The first-order valence-electron chi connectivity index (χ1n) is 5.87. The van der Waals surface area contributed by atoms with Crippen LogP contribution in [-0.4, -0.2) is 20.5 Å². The summed E-state index contributed by atoms with van der Waals surface area (Å²) in [4.78, 5) is 20.2. The molecule has 0 unspecified atom stereocenters. The molecular formula is C11H15N5O4S. The summed E-state index contributed by atoms with van der Waals surface area (Å²) in [6, 6.07) is 3.28. The van der Waals surface area contributed by atoms with Crippen molar-refractivity contribution in [1.29, 1.82) is 0 Å². The largest absolute Gasteiger partial charge is 0.357 e. The average molecular weight is 313 g/mol. The second-order valence-corrected chi connectivity index (χ2v) is 5.58. The van der Waals surface area contributed by atoms with E-state index >= 15 is 0 Å². The van der Waals surface area contributed by atoms with E-state index in [4.69, 9.17) is 12.2 Å². The van der Waals surface area contributed by atoms with Gasteiger partial charge in [-0.3, -0.25) is 31.1 Å². The highest BCUT2D eigenvalue weighted by Gasteiger charge is 2.19. The highest BCUT2D eigenvalue weighted by atomic mass is 32.1. The van der Waals surface area contributed by atoms with E-state index in [2.05, 4.69) is 16.2 Å². The van der Waals surface area contributed by atoms with E-state index in [-0.39, 0.29) is 22.0 Å². The predicted octanol–water partition coefficient (Wildman–Crippen LogP) is 2.09. The molecule has 114 valence electrons. The zero-order valence-corrected chi connectivity index (χ0v) is 12.5. The van der Waals surface area contributed by atoms with Crippen LogP contribution in [0.2, 0.25) is 0 Å². The Kier molecular flexibility index (Phi) is 4.97. The molecule has 0 atom stereocenters. The number of non-ortho nitro benzene ring substituents is 1. The van der Waals surface area contributed by atoms with Gasteiger partial charge in [-0.15, -0.1) is 0 Å². The van der Waals surface area contributed by atoms with Gasteiger partial charge in [0.15, 0.2) is 5.11 Å². The molecule has 0 aromatic heterocycles. The predicted molar refractivity (Wildman–Crippen MR) is 82.0 cm³/mol. The molecule has 3 N–H and O–H groups in total. The highest BCUT2D eigenvalue weighted by molar-refractivity contribution is 7.80. The number of nitro benzene ring substituents is 2. The third kappa shape index (κ3) is 5.18. The monoisotopic (exact) mass is 313 g/mol. The van der Waals surface area contributed by atoms with Crippen LogP contribution in [0, 0.1) is 20.2 Å². The van der Waals surface area contributed by atoms with Gasteiger partial charge in [-0.2, -0.15) is 0 Å². The normalized spacial score (nSPS) is 10.6. The molecule has 0 bridgehead atoms. The molecule has 1 aromatic rings. The first-order valence-corrected chi connectivity index (χ1v) is 6.28. The van der Waals surface area contributed by atoms with Crippen LogP contribution in [0.5, 0.6) is 0 Å². The van der Waals surface area contributed by atoms with Crippen molar-refractivity contribution in [3.63, 3.8) is 0 Å². The molecule has 0 aliphatic carbocycles. The fourth-order valence-electron chi connectivity index (χ4n) is 1.39. The Morgan fingerprint density at radius 2 is 1.81 bits per heavy atom. The Morgan fingerprint density at radius 1 is 1.19 bits per heavy atom. The average Bonchev–Trinajstić information content (AvgIpc) is 2.33. The van der Waals surface area contributed by atoms with Crippen LogP contribution in [0.4, 0.5) is 17.1 Å². The number of rotatable bonds is 4. The maximum atomic E-state index is 10.9. The van der Waals surface area contributed by atoms with E-state index in [1.807, 2.05) is 20.8 Å². The van der Waals surface area contributed by atoms with Crippen LogP contribution in [-0.2, 0) is 0 Å². The minimum atomic E-state index is -0.711. The first kappa shape index (κ1) is 16.6. The summed E-state index contributed by atoms with van der Waals surface area (Å²) in [5, 5.41) is 24.8. The van der Waals surface area contributed by atoms with E-state index in [1.54, 1.807) is 0 Å². The SMILES string of the molecule is CC(C)(C)NC(=S)NNc1ccc([N+](=O)[O-])cc1[N+](=O)[O-]. The number of hydrazine groups is 1. The maximum Gasteiger partial charge on any atom is 0.300 e. The molecular weight excluding hydrogens is 298 g/mol. The van der Waals surface area contributed by atoms with Gasteiger partial charge in [0.2, 0.25) is 0 Å². The number of benzene rings is 1. The lowest BCUT2D eigenvalue weighted by Gasteiger charge is -2.23. The lowest BCUT2D eigenvalue weighted by atomic mass is 10.1. The summed E-state index contributed by atoms with van der Waals surface area (Å²) in [6.45, 7) is 5.69. The van der Waals surface area contributed by atoms with Gasteiger partial charge in [0.25, 0.3) is 5.69 Å². The first-order chi connectivity index (χ1) is 9.60. The molecule has 10 heteroatoms. The lowest BCUT2D eigenvalue weighted by Crippen LogP contribution is -2.48. The smallest absolute Gasteiger partial charge is 0.300 e.